The van der Waals surface area contributed by atoms with Gasteiger partial charge in [-0.1, -0.05) is 29.8 Å². The van der Waals surface area contributed by atoms with E-state index in [9.17, 15) is 4.79 Å². The molecule has 1 aliphatic rings. The smallest absolute Gasteiger partial charge is 0.243 e. The van der Waals surface area contributed by atoms with Gasteiger partial charge in [0.1, 0.15) is 24.7 Å². The highest BCUT2D eigenvalue weighted by molar-refractivity contribution is 6.30. The zero-order chi connectivity index (χ0) is 21.9. The van der Waals surface area contributed by atoms with Gasteiger partial charge in [-0.05, 0) is 60.9 Å². The Hall–Kier alpha value is -3.38. The minimum Gasteiger partial charge on any atom is -0.486 e. The predicted molar refractivity (Wildman–Crippen MR) is 123 cm³/mol. The summed E-state index contributed by atoms with van der Waals surface area (Å²) in [6.45, 7) is 1.05. The first-order valence-electron chi connectivity index (χ1n) is 10.7. The number of para-hydroxylation sites is 2. The highest BCUT2D eigenvalue weighted by Gasteiger charge is 2.33. The van der Waals surface area contributed by atoms with Crippen LogP contribution >= 0.6 is 11.6 Å². The lowest BCUT2D eigenvalue weighted by atomic mass is 10.2. The van der Waals surface area contributed by atoms with Crippen molar-refractivity contribution < 1.29 is 9.53 Å². The van der Waals surface area contributed by atoms with E-state index in [0.29, 0.717) is 29.2 Å². The molecule has 1 amide bonds. The van der Waals surface area contributed by atoms with Crippen LogP contribution in [0.5, 0.6) is 5.75 Å². The first-order chi connectivity index (χ1) is 15.7. The molecule has 2 heterocycles. The fraction of sp³-hybridized carbons (Fsp3) is 0.240. The fourth-order valence-electron chi connectivity index (χ4n) is 3.81. The lowest BCUT2D eigenvalue weighted by Gasteiger charge is -2.23. The third kappa shape index (κ3) is 4.60. The number of pyridine rings is 1. The number of nitrogens with zero attached hydrogens (tertiary/aromatic N) is 4. The summed E-state index contributed by atoms with van der Waals surface area (Å²) in [6, 6.07) is 19.3. The number of halogens is 1. The third-order valence-corrected chi connectivity index (χ3v) is 5.84. The van der Waals surface area contributed by atoms with Gasteiger partial charge in [-0.2, -0.15) is 0 Å². The topological polar surface area (TPSA) is 60.3 Å². The molecule has 1 saturated carbocycles. The summed E-state index contributed by atoms with van der Waals surface area (Å²) in [5, 5.41) is 0.656. The van der Waals surface area contributed by atoms with Gasteiger partial charge in [0.2, 0.25) is 5.91 Å². The van der Waals surface area contributed by atoms with Gasteiger partial charge in [-0.25, -0.2) is 4.98 Å². The highest BCUT2D eigenvalue weighted by Crippen LogP contribution is 2.29. The molecule has 0 aliphatic heterocycles. The maximum absolute atomic E-state index is 13.4. The maximum Gasteiger partial charge on any atom is 0.243 e. The highest BCUT2D eigenvalue weighted by atomic mass is 35.5. The Morgan fingerprint density at radius 2 is 1.91 bits per heavy atom. The van der Waals surface area contributed by atoms with Crippen molar-refractivity contribution in [1.82, 2.24) is 19.4 Å². The molecule has 6 nitrogen and oxygen atoms in total. The Kier molecular flexibility index (Phi) is 5.77. The van der Waals surface area contributed by atoms with E-state index >= 15 is 0 Å². The number of ether oxygens (including phenoxy) is 1. The molecule has 0 spiro atoms. The molecular weight excluding hydrogens is 424 g/mol. The molecule has 0 unspecified atom stereocenters. The van der Waals surface area contributed by atoms with Gasteiger partial charge in [-0.15, -0.1) is 0 Å². The van der Waals surface area contributed by atoms with E-state index in [1.165, 1.54) is 0 Å². The van der Waals surface area contributed by atoms with Crippen LogP contribution in [0.1, 0.15) is 24.2 Å². The minimum absolute atomic E-state index is 0.0762. The molecule has 4 aromatic rings. The number of carbonyl (C=O) groups is 1. The maximum atomic E-state index is 13.4. The molecule has 2 aromatic heterocycles. The van der Waals surface area contributed by atoms with Gasteiger partial charge in [0.15, 0.2) is 0 Å². The van der Waals surface area contributed by atoms with Gasteiger partial charge < -0.3 is 14.2 Å². The van der Waals surface area contributed by atoms with Crippen molar-refractivity contribution in [2.75, 3.05) is 0 Å². The number of carbonyl (C=O) groups excluding carboxylic acids is 1. The first-order valence-corrected chi connectivity index (χ1v) is 11.1. The van der Waals surface area contributed by atoms with E-state index in [0.717, 1.165) is 29.4 Å². The molecule has 1 fully saturated rings. The molecule has 0 bridgehead atoms. The van der Waals surface area contributed by atoms with Gasteiger partial charge in [0.25, 0.3) is 0 Å². The summed E-state index contributed by atoms with van der Waals surface area (Å²) < 4.78 is 7.90. The molecule has 0 N–H and O–H groups in total. The summed E-state index contributed by atoms with van der Waals surface area (Å²) in [6.07, 6.45) is 5.66. The Morgan fingerprint density at radius 3 is 2.66 bits per heavy atom. The number of benzene rings is 2. The quantitative estimate of drug-likeness (QED) is 0.388. The van der Waals surface area contributed by atoms with Gasteiger partial charge in [0, 0.05) is 30.0 Å². The van der Waals surface area contributed by atoms with E-state index in [2.05, 4.69) is 4.98 Å². The zero-order valence-electron chi connectivity index (χ0n) is 17.5. The number of hydrogen-bond donors (Lipinski definition) is 0. The summed E-state index contributed by atoms with van der Waals surface area (Å²) in [7, 11) is 0. The molecule has 7 heteroatoms. The van der Waals surface area contributed by atoms with Crippen LogP contribution < -0.4 is 4.74 Å². The standard InChI is InChI=1S/C25H23ClN4O2/c26-19-7-11-21(12-8-19)32-17-24-28-22-5-1-2-6-23(22)30(24)16-25(31)29(20-9-10-20)15-18-4-3-13-27-14-18/h1-8,11-14,20H,9-10,15-17H2. The molecular formula is C25H23ClN4O2. The van der Waals surface area contributed by atoms with Crippen LogP contribution in [-0.4, -0.2) is 31.4 Å². The predicted octanol–water partition coefficient (Wildman–Crippen LogP) is 4.85. The summed E-state index contributed by atoms with van der Waals surface area (Å²) >= 11 is 5.96. The first kappa shape index (κ1) is 20.5. The van der Waals surface area contributed by atoms with E-state index < -0.39 is 0 Å². The van der Waals surface area contributed by atoms with E-state index in [4.69, 9.17) is 21.3 Å². The van der Waals surface area contributed by atoms with E-state index in [1.54, 1.807) is 18.3 Å². The van der Waals surface area contributed by atoms with Gasteiger partial charge in [0.05, 0.1) is 11.0 Å². The van der Waals surface area contributed by atoms with Gasteiger partial charge in [-0.3, -0.25) is 9.78 Å². The van der Waals surface area contributed by atoms with Crippen LogP contribution in [0.4, 0.5) is 0 Å². The van der Waals surface area contributed by atoms with Crippen LogP contribution in [0.15, 0.2) is 73.1 Å². The SMILES string of the molecule is O=C(Cn1c(COc2ccc(Cl)cc2)nc2ccccc21)N(Cc1cccnc1)C1CC1. The van der Waals surface area contributed by atoms with Crippen molar-refractivity contribution >= 4 is 28.5 Å². The normalized spacial score (nSPS) is 13.3. The zero-order valence-corrected chi connectivity index (χ0v) is 18.3. The number of aromatic nitrogens is 3. The number of hydrogen-bond acceptors (Lipinski definition) is 4. The second-order valence-corrected chi connectivity index (χ2v) is 8.40. The van der Waals surface area contributed by atoms with Crippen LogP contribution in [0, 0.1) is 0 Å². The summed E-state index contributed by atoms with van der Waals surface area (Å²) in [5.41, 5.74) is 2.81. The van der Waals surface area contributed by atoms with Crippen LogP contribution in [0.2, 0.25) is 5.02 Å². The minimum atomic E-state index is 0.0762. The Balaban J connectivity index is 1.39. The molecule has 0 radical (unpaired) electrons. The lowest BCUT2D eigenvalue weighted by Crippen LogP contribution is -2.35. The van der Waals surface area contributed by atoms with Gasteiger partial charge >= 0.3 is 0 Å². The average molecular weight is 447 g/mol. The van der Waals surface area contributed by atoms with E-state index in [1.807, 2.05) is 64.2 Å². The Bertz CT molecular complexity index is 1220. The molecule has 0 atom stereocenters. The number of rotatable bonds is 8. The molecule has 32 heavy (non-hydrogen) atoms. The molecule has 1 aliphatic carbocycles. The van der Waals surface area contributed by atoms with Crippen LogP contribution in [0.3, 0.4) is 0 Å². The second-order valence-electron chi connectivity index (χ2n) is 7.96. The largest absolute Gasteiger partial charge is 0.486 e. The second kappa shape index (κ2) is 9.01. The van der Waals surface area contributed by atoms with Crippen molar-refractivity contribution in [3.63, 3.8) is 0 Å². The Labute approximate surface area is 191 Å². The van der Waals surface area contributed by atoms with Crippen molar-refractivity contribution in [2.24, 2.45) is 0 Å². The van der Waals surface area contributed by atoms with Crippen LogP contribution in [-0.2, 0) is 24.5 Å². The van der Waals surface area contributed by atoms with Crippen molar-refractivity contribution in [3.05, 3.63) is 89.5 Å². The summed E-state index contributed by atoms with van der Waals surface area (Å²) in [4.78, 5) is 24.3. The lowest BCUT2D eigenvalue weighted by molar-refractivity contribution is -0.133. The molecule has 5 rings (SSSR count). The number of imidazole rings is 1. The fourth-order valence-corrected chi connectivity index (χ4v) is 3.94. The average Bonchev–Trinajstić information content (AvgIpc) is 3.60. The third-order valence-electron chi connectivity index (χ3n) is 5.59. The number of amides is 1. The number of fused-ring (bicyclic) bond motifs is 1. The monoisotopic (exact) mass is 446 g/mol. The molecule has 0 saturated heterocycles. The van der Waals surface area contributed by atoms with Crippen molar-refractivity contribution in [2.45, 2.75) is 38.6 Å². The van der Waals surface area contributed by atoms with Crippen LogP contribution in [0.25, 0.3) is 11.0 Å². The molecule has 162 valence electrons. The summed E-state index contributed by atoms with van der Waals surface area (Å²) in [5.74, 6) is 1.49. The van der Waals surface area contributed by atoms with Crippen molar-refractivity contribution in [3.8, 4) is 5.75 Å². The Morgan fingerprint density at radius 1 is 1.09 bits per heavy atom. The van der Waals surface area contributed by atoms with Crippen molar-refractivity contribution in [1.29, 1.82) is 0 Å². The van der Waals surface area contributed by atoms with E-state index in [-0.39, 0.29) is 19.1 Å². The molecule has 2 aromatic carbocycles.